The molecule has 1 aliphatic heterocycles. The summed E-state index contributed by atoms with van der Waals surface area (Å²) in [6.45, 7) is 4.97. The molecule has 1 heterocycles. The first-order valence-corrected chi connectivity index (χ1v) is 12.6. The number of hydrogen-bond acceptors (Lipinski definition) is 6. The summed E-state index contributed by atoms with van der Waals surface area (Å²) >= 11 is 7.23. The van der Waals surface area contributed by atoms with Crippen molar-refractivity contribution in [3.05, 3.63) is 83.4 Å². The number of aliphatic imine (C=N–C) groups is 1. The molecule has 1 amide bonds. The summed E-state index contributed by atoms with van der Waals surface area (Å²) < 4.78 is 11.0. The Morgan fingerprint density at radius 1 is 0.914 bits per heavy atom. The number of rotatable bonds is 9. The number of nitrogens with zero attached hydrogens (tertiary/aromatic N) is 2. The maximum Gasteiger partial charge on any atom is 0.247 e. The zero-order valence-corrected chi connectivity index (χ0v) is 21.0. The fourth-order valence-electron chi connectivity index (χ4n) is 3.59. The van der Waals surface area contributed by atoms with E-state index in [-0.39, 0.29) is 18.1 Å². The van der Waals surface area contributed by atoms with Crippen LogP contribution in [-0.4, -0.2) is 35.3 Å². The fourth-order valence-corrected chi connectivity index (χ4v) is 4.87. The van der Waals surface area contributed by atoms with E-state index in [0.29, 0.717) is 40.3 Å². The van der Waals surface area contributed by atoms with Crippen LogP contribution in [0.2, 0.25) is 5.02 Å². The minimum Gasteiger partial charge on any atom is -0.494 e. The molecule has 0 N–H and O–H groups in total. The van der Waals surface area contributed by atoms with Crippen LogP contribution >= 0.6 is 23.4 Å². The highest BCUT2D eigenvalue weighted by molar-refractivity contribution is 8.16. The van der Waals surface area contributed by atoms with Crippen LogP contribution in [0.15, 0.2) is 77.8 Å². The third-order valence-electron chi connectivity index (χ3n) is 5.25. The van der Waals surface area contributed by atoms with Crippen molar-refractivity contribution in [1.29, 1.82) is 0 Å². The van der Waals surface area contributed by atoms with Gasteiger partial charge in [-0.1, -0.05) is 23.4 Å². The number of halogens is 1. The molecule has 6 nitrogen and oxygen atoms in total. The average Bonchev–Trinajstić information content (AvgIpc) is 3.16. The Kier molecular flexibility index (Phi) is 8.10. The van der Waals surface area contributed by atoms with Crippen molar-refractivity contribution in [2.24, 2.45) is 4.99 Å². The van der Waals surface area contributed by atoms with Crippen LogP contribution in [0.5, 0.6) is 11.5 Å². The van der Waals surface area contributed by atoms with Gasteiger partial charge in [-0.05, 0) is 86.6 Å². The number of amidine groups is 1. The van der Waals surface area contributed by atoms with Gasteiger partial charge >= 0.3 is 0 Å². The second-order valence-corrected chi connectivity index (χ2v) is 9.27. The zero-order chi connectivity index (χ0) is 24.8. The first kappa shape index (κ1) is 24.8. The molecule has 0 radical (unpaired) electrons. The van der Waals surface area contributed by atoms with Gasteiger partial charge < -0.3 is 9.47 Å². The number of hydrogen-bond donors (Lipinski definition) is 0. The monoisotopic (exact) mass is 508 g/mol. The van der Waals surface area contributed by atoms with Crippen molar-refractivity contribution in [1.82, 2.24) is 0 Å². The lowest BCUT2D eigenvalue weighted by Gasteiger charge is -2.17. The van der Waals surface area contributed by atoms with Crippen molar-refractivity contribution in [2.45, 2.75) is 25.5 Å². The van der Waals surface area contributed by atoms with Gasteiger partial charge in [-0.15, -0.1) is 0 Å². The van der Waals surface area contributed by atoms with Crippen LogP contribution in [0, 0.1) is 0 Å². The average molecular weight is 509 g/mol. The number of carbonyl (C=O) groups excluding carboxylic acids is 2. The first-order valence-electron chi connectivity index (χ1n) is 11.3. The molecule has 3 aromatic rings. The summed E-state index contributed by atoms with van der Waals surface area (Å²) in [5, 5.41) is 0.475. The third-order valence-corrected chi connectivity index (χ3v) is 6.64. The lowest BCUT2D eigenvalue weighted by atomic mass is 10.1. The van der Waals surface area contributed by atoms with Gasteiger partial charge in [0.15, 0.2) is 11.0 Å². The molecule has 35 heavy (non-hydrogen) atoms. The SMILES string of the molecule is CCOc1ccc(N=C2SC(CC(=O)c3ccc(Cl)cc3)C(=O)N2c2ccc(OCC)cc2)cc1. The van der Waals surface area contributed by atoms with E-state index in [4.69, 9.17) is 26.1 Å². The van der Waals surface area contributed by atoms with Gasteiger partial charge in [-0.2, -0.15) is 0 Å². The predicted molar refractivity (Wildman–Crippen MR) is 142 cm³/mol. The lowest BCUT2D eigenvalue weighted by Crippen LogP contribution is -2.32. The number of thioether (sulfide) groups is 1. The Bertz CT molecular complexity index is 1210. The third kappa shape index (κ3) is 6.05. The second-order valence-electron chi connectivity index (χ2n) is 7.66. The van der Waals surface area contributed by atoms with Crippen molar-refractivity contribution in [2.75, 3.05) is 18.1 Å². The summed E-state index contributed by atoms with van der Waals surface area (Å²) in [6.07, 6.45) is 0.0565. The van der Waals surface area contributed by atoms with E-state index >= 15 is 0 Å². The van der Waals surface area contributed by atoms with Crippen LogP contribution in [0.4, 0.5) is 11.4 Å². The van der Waals surface area contributed by atoms with Gasteiger partial charge in [0.05, 0.1) is 29.8 Å². The van der Waals surface area contributed by atoms with Gasteiger partial charge in [0.2, 0.25) is 5.91 Å². The molecule has 180 valence electrons. The molecule has 1 atom stereocenters. The predicted octanol–water partition coefficient (Wildman–Crippen LogP) is 6.55. The number of amides is 1. The summed E-state index contributed by atoms with van der Waals surface area (Å²) in [7, 11) is 0. The minimum atomic E-state index is -0.591. The smallest absolute Gasteiger partial charge is 0.247 e. The van der Waals surface area contributed by atoms with Crippen LogP contribution in [-0.2, 0) is 4.79 Å². The molecule has 0 bridgehead atoms. The van der Waals surface area contributed by atoms with Gasteiger partial charge in [0, 0.05) is 17.0 Å². The second kappa shape index (κ2) is 11.4. The highest BCUT2D eigenvalue weighted by Gasteiger charge is 2.40. The number of Topliss-reactive ketones (excluding diaryl/α,β-unsaturated/α-hetero) is 1. The van der Waals surface area contributed by atoms with E-state index in [1.165, 1.54) is 11.8 Å². The fraction of sp³-hybridized carbons (Fsp3) is 0.222. The van der Waals surface area contributed by atoms with E-state index in [1.54, 1.807) is 29.2 Å². The van der Waals surface area contributed by atoms with Crippen molar-refractivity contribution >= 4 is 51.6 Å². The number of anilines is 1. The molecular weight excluding hydrogens is 484 g/mol. The lowest BCUT2D eigenvalue weighted by molar-refractivity contribution is -0.116. The quantitative estimate of drug-likeness (QED) is 0.307. The Balaban J connectivity index is 1.62. The Labute approximate surface area is 213 Å². The molecule has 1 saturated heterocycles. The number of ketones is 1. The summed E-state index contributed by atoms with van der Waals surface area (Å²) in [6, 6.07) is 21.3. The summed E-state index contributed by atoms with van der Waals surface area (Å²) in [5.74, 6) is 1.16. The first-order chi connectivity index (χ1) is 17.0. The summed E-state index contributed by atoms with van der Waals surface area (Å²) in [5.41, 5.74) is 1.87. The molecule has 3 aromatic carbocycles. The molecule has 0 aliphatic carbocycles. The zero-order valence-electron chi connectivity index (χ0n) is 19.4. The van der Waals surface area contributed by atoms with Gasteiger partial charge in [0.1, 0.15) is 11.5 Å². The van der Waals surface area contributed by atoms with Crippen molar-refractivity contribution in [3.63, 3.8) is 0 Å². The van der Waals surface area contributed by atoms with E-state index in [1.807, 2.05) is 62.4 Å². The van der Waals surface area contributed by atoms with Crippen molar-refractivity contribution < 1.29 is 19.1 Å². The standard InChI is InChI=1S/C27H25ClN2O4S/c1-3-33-22-13-9-20(10-14-22)29-27-30(21-11-15-23(16-12-21)34-4-2)26(32)25(35-27)17-24(31)18-5-7-19(28)8-6-18/h5-16,25H,3-4,17H2,1-2H3. The Morgan fingerprint density at radius 2 is 1.49 bits per heavy atom. The molecule has 0 saturated carbocycles. The number of carbonyl (C=O) groups is 2. The number of benzene rings is 3. The molecule has 1 aliphatic rings. The maximum absolute atomic E-state index is 13.5. The normalized spacial score (nSPS) is 16.5. The van der Waals surface area contributed by atoms with Gasteiger partial charge in [-0.25, -0.2) is 4.99 Å². The van der Waals surface area contributed by atoms with Crippen LogP contribution in [0.3, 0.4) is 0 Å². The molecule has 8 heteroatoms. The van der Waals surface area contributed by atoms with Crippen LogP contribution < -0.4 is 14.4 Å². The van der Waals surface area contributed by atoms with E-state index in [9.17, 15) is 9.59 Å². The largest absolute Gasteiger partial charge is 0.494 e. The molecule has 0 spiro atoms. The highest BCUT2D eigenvalue weighted by Crippen LogP contribution is 2.36. The van der Waals surface area contributed by atoms with Crippen molar-refractivity contribution in [3.8, 4) is 11.5 Å². The molecule has 1 unspecified atom stereocenters. The van der Waals surface area contributed by atoms with Gasteiger partial charge in [0.25, 0.3) is 0 Å². The maximum atomic E-state index is 13.5. The molecule has 4 rings (SSSR count). The van der Waals surface area contributed by atoms with E-state index in [0.717, 1.165) is 11.5 Å². The van der Waals surface area contributed by atoms with Crippen LogP contribution in [0.1, 0.15) is 30.6 Å². The minimum absolute atomic E-state index is 0.0565. The number of ether oxygens (including phenoxy) is 2. The van der Waals surface area contributed by atoms with Gasteiger partial charge in [-0.3, -0.25) is 14.5 Å². The molecule has 1 fully saturated rings. The van der Waals surface area contributed by atoms with Crippen LogP contribution in [0.25, 0.3) is 0 Å². The molecular formula is C27H25ClN2O4S. The van der Waals surface area contributed by atoms with E-state index < -0.39 is 5.25 Å². The topological polar surface area (TPSA) is 68.2 Å². The van der Waals surface area contributed by atoms with E-state index in [2.05, 4.69) is 0 Å². The molecule has 0 aromatic heterocycles. The Hall–Kier alpha value is -3.29. The summed E-state index contributed by atoms with van der Waals surface area (Å²) in [4.78, 5) is 32.7. The Morgan fingerprint density at radius 3 is 2.06 bits per heavy atom. The highest BCUT2D eigenvalue weighted by atomic mass is 35.5.